The molecule has 1 aromatic heterocycles. The van der Waals surface area contributed by atoms with E-state index < -0.39 is 0 Å². The first-order valence-corrected chi connectivity index (χ1v) is 6.16. The zero-order valence-electron chi connectivity index (χ0n) is 10.1. The fourth-order valence-electron chi connectivity index (χ4n) is 2.89. The first-order chi connectivity index (χ1) is 7.60. The Hall–Kier alpha value is -0.900. The van der Waals surface area contributed by atoms with E-state index in [-0.39, 0.29) is 5.54 Å². The van der Waals surface area contributed by atoms with Gasteiger partial charge in [-0.2, -0.15) is 4.98 Å². The predicted molar refractivity (Wildman–Crippen MR) is 61.6 cm³/mol. The number of hydrogen-bond donors (Lipinski definition) is 1. The van der Waals surface area contributed by atoms with Gasteiger partial charge in [-0.15, -0.1) is 0 Å². The fraction of sp³-hybridized carbons (Fsp3) is 0.833. The van der Waals surface area contributed by atoms with E-state index in [2.05, 4.69) is 24.0 Å². The minimum Gasteiger partial charge on any atom is -0.343 e. The molecule has 1 aliphatic rings. The van der Waals surface area contributed by atoms with Gasteiger partial charge in [0.15, 0.2) is 5.82 Å². The maximum absolute atomic E-state index is 6.41. The quantitative estimate of drug-likeness (QED) is 0.854. The summed E-state index contributed by atoms with van der Waals surface area (Å²) in [6, 6.07) is 0. The molecule has 2 N–H and O–H groups in total. The molecule has 0 radical (unpaired) electrons. The van der Waals surface area contributed by atoms with Crippen LogP contribution in [-0.4, -0.2) is 10.1 Å². The van der Waals surface area contributed by atoms with E-state index >= 15 is 0 Å². The zero-order chi connectivity index (χ0) is 11.6. The molecule has 0 amide bonds. The van der Waals surface area contributed by atoms with Gasteiger partial charge in [0, 0.05) is 0 Å². The third-order valence-corrected chi connectivity index (χ3v) is 3.50. The van der Waals surface area contributed by atoms with Crippen LogP contribution in [0, 0.1) is 11.8 Å². The highest BCUT2D eigenvalue weighted by atomic mass is 16.5. The van der Waals surface area contributed by atoms with E-state index in [4.69, 9.17) is 10.3 Å². The third kappa shape index (κ3) is 2.43. The van der Waals surface area contributed by atoms with E-state index in [9.17, 15) is 0 Å². The molecule has 0 bridgehead atoms. The van der Waals surface area contributed by atoms with Gasteiger partial charge in [0.1, 0.15) is 0 Å². The Morgan fingerprint density at radius 1 is 1.62 bits per heavy atom. The van der Waals surface area contributed by atoms with Crippen LogP contribution in [0.2, 0.25) is 0 Å². The Labute approximate surface area is 96.6 Å². The van der Waals surface area contributed by atoms with Crippen LogP contribution in [0.25, 0.3) is 0 Å². The normalized spacial score (nSPS) is 30.9. The Kier molecular flexibility index (Phi) is 3.28. The lowest BCUT2D eigenvalue weighted by Crippen LogP contribution is -2.42. The predicted octanol–water partition coefficient (Wildman–Crippen LogP) is 2.46. The van der Waals surface area contributed by atoms with Crippen molar-refractivity contribution in [3.63, 3.8) is 0 Å². The first kappa shape index (κ1) is 11.6. The molecule has 0 aliphatic heterocycles. The van der Waals surface area contributed by atoms with Crippen LogP contribution >= 0.6 is 0 Å². The van der Waals surface area contributed by atoms with Crippen molar-refractivity contribution in [2.24, 2.45) is 17.6 Å². The van der Waals surface area contributed by atoms with Crippen molar-refractivity contribution in [2.45, 2.75) is 51.5 Å². The highest BCUT2D eigenvalue weighted by Gasteiger charge is 2.37. The molecule has 2 rings (SSSR count). The molecule has 1 fully saturated rings. The monoisotopic (exact) mass is 223 g/mol. The summed E-state index contributed by atoms with van der Waals surface area (Å²) in [5, 5.41) is 3.91. The fourth-order valence-corrected chi connectivity index (χ4v) is 2.89. The summed E-state index contributed by atoms with van der Waals surface area (Å²) in [7, 11) is 0. The molecule has 1 heterocycles. The number of nitrogens with two attached hydrogens (primary N) is 1. The molecule has 4 heteroatoms. The van der Waals surface area contributed by atoms with Crippen molar-refractivity contribution < 1.29 is 4.52 Å². The smallest absolute Gasteiger partial charge is 0.213 e. The highest BCUT2D eigenvalue weighted by Crippen LogP contribution is 2.38. The Morgan fingerprint density at radius 3 is 3.06 bits per heavy atom. The zero-order valence-corrected chi connectivity index (χ0v) is 10.1. The summed E-state index contributed by atoms with van der Waals surface area (Å²) in [6.07, 6.45) is 7.04. The van der Waals surface area contributed by atoms with Gasteiger partial charge < -0.3 is 10.3 Å². The second-order valence-electron chi connectivity index (χ2n) is 5.50. The summed E-state index contributed by atoms with van der Waals surface area (Å²) in [5.41, 5.74) is 6.05. The largest absolute Gasteiger partial charge is 0.343 e. The minimum absolute atomic E-state index is 0.356. The van der Waals surface area contributed by atoms with Crippen LogP contribution in [-0.2, 0) is 5.54 Å². The van der Waals surface area contributed by atoms with E-state index in [1.54, 1.807) is 0 Å². The maximum Gasteiger partial charge on any atom is 0.213 e. The molecular weight excluding hydrogens is 202 g/mol. The Balaban J connectivity index is 2.06. The van der Waals surface area contributed by atoms with Gasteiger partial charge in [-0.25, -0.2) is 0 Å². The summed E-state index contributed by atoms with van der Waals surface area (Å²) in [4.78, 5) is 4.12. The average molecular weight is 223 g/mol. The van der Waals surface area contributed by atoms with E-state index in [1.807, 2.05) is 0 Å². The van der Waals surface area contributed by atoms with Crippen molar-refractivity contribution in [3.8, 4) is 0 Å². The topological polar surface area (TPSA) is 64.9 Å². The number of aromatic nitrogens is 2. The molecule has 4 nitrogen and oxygen atoms in total. The van der Waals surface area contributed by atoms with Gasteiger partial charge in [-0.05, 0) is 31.1 Å². The van der Waals surface area contributed by atoms with Crippen LogP contribution < -0.4 is 5.73 Å². The van der Waals surface area contributed by atoms with Crippen molar-refractivity contribution in [1.29, 1.82) is 0 Å². The van der Waals surface area contributed by atoms with Crippen LogP contribution in [0.1, 0.15) is 51.8 Å². The van der Waals surface area contributed by atoms with E-state index in [1.165, 1.54) is 25.7 Å². The van der Waals surface area contributed by atoms with Crippen LogP contribution in [0.3, 0.4) is 0 Å². The van der Waals surface area contributed by atoms with E-state index in [0.29, 0.717) is 11.7 Å². The van der Waals surface area contributed by atoms with Crippen molar-refractivity contribution in [1.82, 2.24) is 10.1 Å². The second kappa shape index (κ2) is 4.53. The maximum atomic E-state index is 6.41. The molecule has 2 atom stereocenters. The number of hydrogen-bond acceptors (Lipinski definition) is 4. The SMILES string of the molecule is CC(C)CC1CCCC(N)(c2ncon2)C1. The molecule has 0 saturated heterocycles. The standard InChI is InChI=1S/C12H21N3O/c1-9(2)6-10-4-3-5-12(13,7-10)11-14-8-16-15-11/h8-10H,3-7,13H2,1-2H3. The third-order valence-electron chi connectivity index (χ3n) is 3.50. The van der Waals surface area contributed by atoms with Crippen molar-refractivity contribution in [3.05, 3.63) is 12.2 Å². The Morgan fingerprint density at radius 2 is 2.44 bits per heavy atom. The van der Waals surface area contributed by atoms with Gasteiger partial charge in [-0.3, -0.25) is 0 Å². The van der Waals surface area contributed by atoms with Gasteiger partial charge in [0.05, 0.1) is 5.54 Å². The average Bonchev–Trinajstić information content (AvgIpc) is 2.69. The first-order valence-electron chi connectivity index (χ1n) is 6.16. The number of nitrogens with zero attached hydrogens (tertiary/aromatic N) is 2. The summed E-state index contributed by atoms with van der Waals surface area (Å²) in [5.74, 6) is 2.12. The number of rotatable bonds is 3. The highest BCUT2D eigenvalue weighted by molar-refractivity contribution is 5.04. The van der Waals surface area contributed by atoms with Gasteiger partial charge in [0.2, 0.25) is 6.39 Å². The molecule has 90 valence electrons. The molecule has 16 heavy (non-hydrogen) atoms. The van der Waals surface area contributed by atoms with Crippen LogP contribution in [0.15, 0.2) is 10.9 Å². The van der Waals surface area contributed by atoms with Gasteiger partial charge in [-0.1, -0.05) is 31.8 Å². The summed E-state index contributed by atoms with van der Waals surface area (Å²) in [6.45, 7) is 4.53. The van der Waals surface area contributed by atoms with Gasteiger partial charge >= 0.3 is 0 Å². The lowest BCUT2D eigenvalue weighted by Gasteiger charge is -2.36. The molecular formula is C12H21N3O. The molecule has 2 unspecified atom stereocenters. The van der Waals surface area contributed by atoms with Crippen LogP contribution in [0.4, 0.5) is 0 Å². The van der Waals surface area contributed by atoms with Crippen LogP contribution in [0.5, 0.6) is 0 Å². The molecule has 0 spiro atoms. The van der Waals surface area contributed by atoms with Crippen molar-refractivity contribution >= 4 is 0 Å². The molecule has 0 aromatic carbocycles. The summed E-state index contributed by atoms with van der Waals surface area (Å²) >= 11 is 0. The lowest BCUT2D eigenvalue weighted by molar-refractivity contribution is 0.190. The molecule has 1 aromatic rings. The van der Waals surface area contributed by atoms with Crippen molar-refractivity contribution in [2.75, 3.05) is 0 Å². The van der Waals surface area contributed by atoms with Gasteiger partial charge in [0.25, 0.3) is 0 Å². The summed E-state index contributed by atoms with van der Waals surface area (Å²) < 4.78 is 4.81. The molecule has 1 saturated carbocycles. The molecule has 1 aliphatic carbocycles. The second-order valence-corrected chi connectivity index (χ2v) is 5.50. The van der Waals surface area contributed by atoms with E-state index in [0.717, 1.165) is 18.8 Å². The minimum atomic E-state index is -0.356. The lowest BCUT2D eigenvalue weighted by atomic mass is 9.73. The Bertz CT molecular complexity index is 323.